The lowest BCUT2D eigenvalue weighted by atomic mass is 9.97. The van der Waals surface area contributed by atoms with Crippen molar-refractivity contribution >= 4 is 5.91 Å². The molecule has 19 heavy (non-hydrogen) atoms. The third kappa shape index (κ3) is 4.60. The maximum atomic E-state index is 11.7. The van der Waals surface area contributed by atoms with Gasteiger partial charge in [0.2, 0.25) is 5.91 Å². The molecule has 2 aliphatic rings. The average Bonchev–Trinajstić information content (AvgIpc) is 2.69. The van der Waals surface area contributed by atoms with Gasteiger partial charge >= 0.3 is 0 Å². The van der Waals surface area contributed by atoms with Gasteiger partial charge in [-0.25, -0.2) is 0 Å². The number of carbonyl (C=O) groups excluding carboxylic acids is 1. The molecule has 3 N–H and O–H groups in total. The van der Waals surface area contributed by atoms with Crippen LogP contribution in [0.15, 0.2) is 11.6 Å². The number of nitrogens with one attached hydrogen (secondary N) is 1. The average molecular weight is 268 g/mol. The fourth-order valence-electron chi connectivity index (χ4n) is 2.73. The molecule has 0 saturated carbocycles. The first-order chi connectivity index (χ1) is 9.15. The number of hydrogen-bond donors (Lipinski definition) is 3. The minimum atomic E-state index is -0.722. The van der Waals surface area contributed by atoms with E-state index in [2.05, 4.69) is 11.4 Å². The summed E-state index contributed by atoms with van der Waals surface area (Å²) in [4.78, 5) is 13.5. The Hall–Kier alpha value is -0.910. The van der Waals surface area contributed by atoms with Gasteiger partial charge in [-0.1, -0.05) is 11.6 Å². The van der Waals surface area contributed by atoms with Crippen molar-refractivity contribution in [3.8, 4) is 0 Å². The molecule has 0 aromatic heterocycles. The summed E-state index contributed by atoms with van der Waals surface area (Å²) in [6.07, 6.45) is 6.69. The zero-order chi connectivity index (χ0) is 13.7. The lowest BCUT2D eigenvalue weighted by Gasteiger charge is -2.15. The highest BCUT2D eigenvalue weighted by atomic mass is 16.3. The summed E-state index contributed by atoms with van der Waals surface area (Å²) in [6, 6.07) is 0. The standard InChI is InChI=1S/C14H24N2O3/c17-12-8-16(9-13(12)18)10-14(19)15-7-6-11-4-2-1-3-5-11/h4,12-13,17-18H,1-3,5-10H2,(H,15,19)/t12-,13+. The minimum absolute atomic E-state index is 0.0299. The first-order valence-corrected chi connectivity index (χ1v) is 7.18. The van der Waals surface area contributed by atoms with E-state index < -0.39 is 12.2 Å². The zero-order valence-corrected chi connectivity index (χ0v) is 11.3. The Morgan fingerprint density at radius 3 is 2.68 bits per heavy atom. The molecule has 0 radical (unpaired) electrons. The Balaban J connectivity index is 1.61. The molecule has 5 heteroatoms. The monoisotopic (exact) mass is 268 g/mol. The van der Waals surface area contributed by atoms with Gasteiger partial charge in [0, 0.05) is 19.6 Å². The van der Waals surface area contributed by atoms with Crippen molar-refractivity contribution in [1.29, 1.82) is 0 Å². The van der Waals surface area contributed by atoms with Crippen molar-refractivity contribution in [2.45, 2.75) is 44.3 Å². The van der Waals surface area contributed by atoms with Gasteiger partial charge in [-0.3, -0.25) is 9.69 Å². The van der Waals surface area contributed by atoms with Crippen LogP contribution < -0.4 is 5.32 Å². The SMILES string of the molecule is O=C(CN1C[C@@H](O)[C@@H](O)C1)NCCC1=CCCCC1. The van der Waals surface area contributed by atoms with Crippen LogP contribution in [0.25, 0.3) is 0 Å². The van der Waals surface area contributed by atoms with Crippen molar-refractivity contribution in [3.63, 3.8) is 0 Å². The predicted octanol–water partition coefficient (Wildman–Crippen LogP) is 0.0305. The van der Waals surface area contributed by atoms with Crippen LogP contribution in [-0.2, 0) is 4.79 Å². The van der Waals surface area contributed by atoms with E-state index in [1.54, 1.807) is 4.90 Å². The fraction of sp³-hybridized carbons (Fsp3) is 0.786. The minimum Gasteiger partial charge on any atom is -0.389 e. The van der Waals surface area contributed by atoms with E-state index in [0.29, 0.717) is 19.6 Å². The highest BCUT2D eigenvalue weighted by Gasteiger charge is 2.30. The second-order valence-electron chi connectivity index (χ2n) is 5.54. The topological polar surface area (TPSA) is 72.8 Å². The maximum Gasteiger partial charge on any atom is 0.234 e. The van der Waals surface area contributed by atoms with Crippen LogP contribution in [0.2, 0.25) is 0 Å². The smallest absolute Gasteiger partial charge is 0.234 e. The molecule has 5 nitrogen and oxygen atoms in total. The van der Waals surface area contributed by atoms with Crippen LogP contribution in [0.1, 0.15) is 32.1 Å². The number of carbonyl (C=O) groups is 1. The van der Waals surface area contributed by atoms with Gasteiger partial charge in [0.1, 0.15) is 0 Å². The van der Waals surface area contributed by atoms with Crippen LogP contribution in [0.3, 0.4) is 0 Å². The van der Waals surface area contributed by atoms with E-state index in [-0.39, 0.29) is 12.5 Å². The molecule has 2 atom stereocenters. The van der Waals surface area contributed by atoms with Crippen molar-refractivity contribution in [3.05, 3.63) is 11.6 Å². The number of amides is 1. The van der Waals surface area contributed by atoms with Crippen LogP contribution in [-0.4, -0.2) is 59.4 Å². The molecular weight excluding hydrogens is 244 g/mol. The van der Waals surface area contributed by atoms with Gasteiger partial charge in [0.25, 0.3) is 0 Å². The molecule has 0 spiro atoms. The van der Waals surface area contributed by atoms with Crippen molar-refractivity contribution in [1.82, 2.24) is 10.2 Å². The molecule has 1 saturated heterocycles. The van der Waals surface area contributed by atoms with Gasteiger partial charge in [0.15, 0.2) is 0 Å². The maximum absolute atomic E-state index is 11.7. The molecule has 1 amide bonds. The van der Waals surface area contributed by atoms with Gasteiger partial charge in [0.05, 0.1) is 18.8 Å². The first-order valence-electron chi connectivity index (χ1n) is 7.18. The molecule has 1 aliphatic heterocycles. The van der Waals surface area contributed by atoms with Crippen LogP contribution in [0.4, 0.5) is 0 Å². The van der Waals surface area contributed by atoms with E-state index in [4.69, 9.17) is 0 Å². The number of allylic oxidation sites excluding steroid dienone is 1. The lowest BCUT2D eigenvalue weighted by molar-refractivity contribution is -0.122. The Labute approximate surface area is 114 Å². The van der Waals surface area contributed by atoms with Crippen molar-refractivity contribution in [2.75, 3.05) is 26.2 Å². The number of aliphatic hydroxyl groups is 2. The second kappa shape index (κ2) is 7.03. The quantitative estimate of drug-likeness (QED) is 0.615. The third-order valence-electron chi connectivity index (χ3n) is 3.86. The highest BCUT2D eigenvalue weighted by molar-refractivity contribution is 5.78. The number of aliphatic hydroxyl groups excluding tert-OH is 2. The second-order valence-corrected chi connectivity index (χ2v) is 5.54. The van der Waals surface area contributed by atoms with Crippen molar-refractivity contribution < 1.29 is 15.0 Å². The Morgan fingerprint density at radius 1 is 1.32 bits per heavy atom. The molecule has 0 aromatic rings. The zero-order valence-electron chi connectivity index (χ0n) is 11.3. The van der Waals surface area contributed by atoms with E-state index in [1.165, 1.54) is 31.3 Å². The highest BCUT2D eigenvalue weighted by Crippen LogP contribution is 2.19. The van der Waals surface area contributed by atoms with E-state index in [9.17, 15) is 15.0 Å². The number of likely N-dealkylation sites (tertiary alicyclic amines) is 1. The van der Waals surface area contributed by atoms with Crippen molar-refractivity contribution in [2.24, 2.45) is 0 Å². The largest absolute Gasteiger partial charge is 0.389 e. The summed E-state index contributed by atoms with van der Waals surface area (Å²) >= 11 is 0. The molecule has 0 bridgehead atoms. The van der Waals surface area contributed by atoms with E-state index >= 15 is 0 Å². The van der Waals surface area contributed by atoms with E-state index in [1.807, 2.05) is 0 Å². The Bertz CT molecular complexity index is 334. The molecule has 0 unspecified atom stereocenters. The lowest BCUT2D eigenvalue weighted by Crippen LogP contribution is -2.37. The van der Waals surface area contributed by atoms with E-state index in [0.717, 1.165) is 6.42 Å². The predicted molar refractivity (Wildman–Crippen MR) is 72.6 cm³/mol. The van der Waals surface area contributed by atoms with Gasteiger partial charge in [-0.2, -0.15) is 0 Å². The Kier molecular flexibility index (Phi) is 5.36. The summed E-state index contributed by atoms with van der Waals surface area (Å²) in [5, 5.41) is 21.7. The number of nitrogens with zero attached hydrogens (tertiary/aromatic N) is 1. The molecule has 1 aliphatic carbocycles. The third-order valence-corrected chi connectivity index (χ3v) is 3.86. The summed E-state index contributed by atoms with van der Waals surface area (Å²) in [7, 11) is 0. The molecule has 1 heterocycles. The van der Waals surface area contributed by atoms with Gasteiger partial charge in [-0.15, -0.1) is 0 Å². The number of β-amino-alcohol motifs (C(OH)–C–C–N with tert-alkyl or cyclic N) is 2. The molecule has 108 valence electrons. The first kappa shape index (κ1) is 14.5. The summed E-state index contributed by atoms with van der Waals surface area (Å²) in [6.45, 7) is 1.69. The fourth-order valence-corrected chi connectivity index (χ4v) is 2.73. The van der Waals surface area contributed by atoms with Crippen LogP contribution >= 0.6 is 0 Å². The van der Waals surface area contributed by atoms with Gasteiger partial charge < -0.3 is 15.5 Å². The number of rotatable bonds is 5. The Morgan fingerprint density at radius 2 is 2.05 bits per heavy atom. The molecule has 0 aromatic carbocycles. The molecule has 2 rings (SSSR count). The van der Waals surface area contributed by atoms with Crippen LogP contribution in [0, 0.1) is 0 Å². The normalized spacial score (nSPS) is 28.2. The summed E-state index contributed by atoms with van der Waals surface area (Å²) in [5.74, 6) is -0.0299. The molecular formula is C14H24N2O3. The van der Waals surface area contributed by atoms with Gasteiger partial charge in [-0.05, 0) is 32.1 Å². The molecule has 1 fully saturated rings. The van der Waals surface area contributed by atoms with Crippen LogP contribution in [0.5, 0.6) is 0 Å². The summed E-state index contributed by atoms with van der Waals surface area (Å²) in [5.41, 5.74) is 1.46. The number of hydrogen-bond acceptors (Lipinski definition) is 4. The summed E-state index contributed by atoms with van der Waals surface area (Å²) < 4.78 is 0.